The van der Waals surface area contributed by atoms with Gasteiger partial charge in [0.25, 0.3) is 0 Å². The average Bonchev–Trinajstić information content (AvgIpc) is 2.80. The highest BCUT2D eigenvalue weighted by atomic mass is 32.1. The minimum atomic E-state index is 0.693. The van der Waals surface area contributed by atoms with Crippen molar-refractivity contribution in [2.75, 3.05) is 7.05 Å². The summed E-state index contributed by atoms with van der Waals surface area (Å²) in [6.45, 7) is 1.44. The molecular formula is C8H11N5S. The van der Waals surface area contributed by atoms with Crippen molar-refractivity contribution in [3.63, 3.8) is 0 Å². The Bertz CT molecular complexity index is 380. The Morgan fingerprint density at radius 2 is 2.50 bits per heavy atom. The van der Waals surface area contributed by atoms with Gasteiger partial charge in [0.2, 0.25) is 0 Å². The lowest BCUT2D eigenvalue weighted by Crippen LogP contribution is -2.13. The maximum absolute atomic E-state index is 3.93. The largest absolute Gasteiger partial charge is 0.313 e. The van der Waals surface area contributed by atoms with Crippen LogP contribution in [-0.2, 0) is 13.1 Å². The highest BCUT2D eigenvalue weighted by molar-refractivity contribution is 7.09. The molecule has 0 bridgehead atoms. The van der Waals surface area contributed by atoms with Crippen molar-refractivity contribution in [1.29, 1.82) is 0 Å². The minimum Gasteiger partial charge on any atom is -0.313 e. The Hall–Kier alpha value is -1.27. The minimum absolute atomic E-state index is 0.693. The molecule has 0 radical (unpaired) electrons. The van der Waals surface area contributed by atoms with E-state index in [1.807, 2.05) is 17.8 Å². The van der Waals surface area contributed by atoms with Gasteiger partial charge in [0.15, 0.2) is 5.82 Å². The third-order valence-corrected chi connectivity index (χ3v) is 2.69. The molecule has 74 valence electrons. The maximum Gasteiger partial charge on any atom is 0.165 e. The Labute approximate surface area is 85.8 Å². The Balaban J connectivity index is 2.12. The molecule has 2 aromatic heterocycles. The summed E-state index contributed by atoms with van der Waals surface area (Å²) in [7, 11) is 1.88. The number of hydrogen-bond donors (Lipinski definition) is 1. The van der Waals surface area contributed by atoms with Gasteiger partial charge in [0.05, 0.1) is 13.1 Å². The summed E-state index contributed by atoms with van der Waals surface area (Å²) in [5.74, 6) is 0.862. The van der Waals surface area contributed by atoms with Gasteiger partial charge in [-0.05, 0) is 28.9 Å². The summed E-state index contributed by atoms with van der Waals surface area (Å²) in [5, 5.41) is 16.6. The predicted molar refractivity (Wildman–Crippen MR) is 54.0 cm³/mol. The standard InChI is InChI=1S/C8H11N5S/c1-9-5-8-10-11-12-13(8)6-7-3-2-4-14-7/h2-4,9H,5-6H2,1H3. The summed E-state index contributed by atoms with van der Waals surface area (Å²) >= 11 is 1.71. The third-order valence-electron chi connectivity index (χ3n) is 1.83. The van der Waals surface area contributed by atoms with Crippen molar-refractivity contribution in [2.45, 2.75) is 13.1 Å². The van der Waals surface area contributed by atoms with Gasteiger partial charge in [-0.3, -0.25) is 0 Å². The van der Waals surface area contributed by atoms with Crippen molar-refractivity contribution in [2.24, 2.45) is 0 Å². The van der Waals surface area contributed by atoms with Gasteiger partial charge in [-0.25, -0.2) is 4.68 Å². The molecule has 2 heterocycles. The van der Waals surface area contributed by atoms with Crippen LogP contribution in [-0.4, -0.2) is 27.3 Å². The van der Waals surface area contributed by atoms with Crippen LogP contribution in [0.3, 0.4) is 0 Å². The second-order valence-electron chi connectivity index (χ2n) is 2.86. The molecular weight excluding hydrogens is 198 g/mol. The smallest absolute Gasteiger partial charge is 0.165 e. The molecule has 2 aromatic rings. The summed E-state index contributed by atoms with van der Waals surface area (Å²) in [5.41, 5.74) is 0. The molecule has 0 aromatic carbocycles. The maximum atomic E-state index is 3.93. The first-order chi connectivity index (χ1) is 6.90. The van der Waals surface area contributed by atoms with Crippen molar-refractivity contribution < 1.29 is 0 Å². The van der Waals surface area contributed by atoms with E-state index >= 15 is 0 Å². The lowest BCUT2D eigenvalue weighted by molar-refractivity contribution is 0.605. The molecule has 0 saturated carbocycles. The Morgan fingerprint density at radius 1 is 1.57 bits per heavy atom. The number of thiophene rings is 1. The number of nitrogens with zero attached hydrogens (tertiary/aromatic N) is 4. The molecule has 0 fully saturated rings. The second-order valence-corrected chi connectivity index (χ2v) is 3.89. The summed E-state index contributed by atoms with van der Waals surface area (Å²) in [4.78, 5) is 1.26. The van der Waals surface area contributed by atoms with Gasteiger partial charge in [-0.2, -0.15) is 0 Å². The summed E-state index contributed by atoms with van der Waals surface area (Å²) < 4.78 is 1.81. The quantitative estimate of drug-likeness (QED) is 0.796. The Kier molecular flexibility index (Phi) is 2.85. The van der Waals surface area contributed by atoms with Gasteiger partial charge < -0.3 is 5.32 Å². The van der Waals surface area contributed by atoms with Crippen LogP contribution in [0.15, 0.2) is 17.5 Å². The number of hydrogen-bond acceptors (Lipinski definition) is 5. The lowest BCUT2D eigenvalue weighted by atomic mass is 10.4. The van der Waals surface area contributed by atoms with Crippen LogP contribution in [0.2, 0.25) is 0 Å². The highest BCUT2D eigenvalue weighted by Crippen LogP contribution is 2.10. The first-order valence-electron chi connectivity index (χ1n) is 4.32. The van der Waals surface area contributed by atoms with Gasteiger partial charge in [-0.15, -0.1) is 16.4 Å². The van der Waals surface area contributed by atoms with Crippen LogP contribution in [0.1, 0.15) is 10.7 Å². The van der Waals surface area contributed by atoms with E-state index in [-0.39, 0.29) is 0 Å². The topological polar surface area (TPSA) is 55.6 Å². The molecule has 0 unspecified atom stereocenters. The molecule has 0 saturated heterocycles. The fourth-order valence-corrected chi connectivity index (χ4v) is 1.87. The van der Waals surface area contributed by atoms with Crippen LogP contribution in [0, 0.1) is 0 Å². The zero-order valence-corrected chi connectivity index (χ0v) is 8.66. The molecule has 14 heavy (non-hydrogen) atoms. The van der Waals surface area contributed by atoms with Crippen LogP contribution < -0.4 is 5.32 Å². The summed E-state index contributed by atoms with van der Waals surface area (Å²) in [6.07, 6.45) is 0. The first kappa shape index (κ1) is 9.29. The number of tetrazole rings is 1. The Morgan fingerprint density at radius 3 is 3.21 bits per heavy atom. The molecule has 0 spiro atoms. The normalized spacial score (nSPS) is 10.6. The van der Waals surface area contributed by atoms with Crippen molar-refractivity contribution in [3.8, 4) is 0 Å². The molecule has 0 atom stereocenters. The van der Waals surface area contributed by atoms with Crippen LogP contribution in [0.4, 0.5) is 0 Å². The molecule has 0 amide bonds. The van der Waals surface area contributed by atoms with Crippen LogP contribution in [0.25, 0.3) is 0 Å². The van der Waals surface area contributed by atoms with Crippen LogP contribution in [0.5, 0.6) is 0 Å². The third kappa shape index (κ3) is 1.97. The van der Waals surface area contributed by atoms with E-state index in [0.29, 0.717) is 6.54 Å². The van der Waals surface area contributed by atoms with E-state index in [2.05, 4.69) is 32.3 Å². The van der Waals surface area contributed by atoms with E-state index in [1.54, 1.807) is 11.3 Å². The second kappa shape index (κ2) is 4.30. The van der Waals surface area contributed by atoms with E-state index < -0.39 is 0 Å². The van der Waals surface area contributed by atoms with Gasteiger partial charge in [0.1, 0.15) is 0 Å². The highest BCUT2D eigenvalue weighted by Gasteiger charge is 2.05. The number of rotatable bonds is 4. The molecule has 1 N–H and O–H groups in total. The molecule has 0 aliphatic carbocycles. The van der Waals surface area contributed by atoms with Gasteiger partial charge in [-0.1, -0.05) is 6.07 Å². The monoisotopic (exact) mass is 209 g/mol. The van der Waals surface area contributed by atoms with Crippen LogP contribution >= 0.6 is 11.3 Å². The molecule has 0 aliphatic rings. The van der Waals surface area contributed by atoms with E-state index in [1.165, 1.54) is 4.88 Å². The number of nitrogens with one attached hydrogen (secondary N) is 1. The van der Waals surface area contributed by atoms with Gasteiger partial charge >= 0.3 is 0 Å². The first-order valence-corrected chi connectivity index (χ1v) is 5.20. The fraction of sp³-hybridized carbons (Fsp3) is 0.375. The van der Waals surface area contributed by atoms with E-state index in [9.17, 15) is 0 Å². The van der Waals surface area contributed by atoms with Crippen molar-refractivity contribution in [1.82, 2.24) is 25.5 Å². The zero-order valence-electron chi connectivity index (χ0n) is 7.84. The molecule has 0 aliphatic heterocycles. The molecule has 2 rings (SSSR count). The van der Waals surface area contributed by atoms with E-state index in [4.69, 9.17) is 0 Å². The molecule has 6 heteroatoms. The van der Waals surface area contributed by atoms with Crippen molar-refractivity contribution >= 4 is 11.3 Å². The zero-order chi connectivity index (χ0) is 9.80. The van der Waals surface area contributed by atoms with E-state index in [0.717, 1.165) is 12.4 Å². The SMILES string of the molecule is CNCc1nnnn1Cc1cccs1. The lowest BCUT2D eigenvalue weighted by Gasteiger charge is -2.01. The van der Waals surface area contributed by atoms with Gasteiger partial charge in [0, 0.05) is 4.88 Å². The average molecular weight is 209 g/mol. The predicted octanol–water partition coefficient (Wildman–Crippen LogP) is 0.502. The summed E-state index contributed by atoms with van der Waals surface area (Å²) in [6, 6.07) is 4.11. The van der Waals surface area contributed by atoms with Crippen molar-refractivity contribution in [3.05, 3.63) is 28.2 Å². The fourth-order valence-electron chi connectivity index (χ4n) is 1.18. The number of aromatic nitrogens is 4. The molecule has 5 nitrogen and oxygen atoms in total.